The third-order valence-corrected chi connectivity index (χ3v) is 10.5. The monoisotopic (exact) mass is 657 g/mol. The molecule has 0 amide bonds. The minimum Gasteiger partial charge on any atom is -0.309 e. The molecule has 0 saturated heterocycles. The second kappa shape index (κ2) is 11.6. The zero-order valence-electron chi connectivity index (χ0n) is 26.7. The van der Waals surface area contributed by atoms with Crippen molar-refractivity contribution in [3.63, 3.8) is 0 Å². The number of benzene rings is 6. The lowest BCUT2D eigenvalue weighted by atomic mass is 10.0. The van der Waals surface area contributed by atoms with E-state index in [1.165, 1.54) is 30.9 Å². The summed E-state index contributed by atoms with van der Waals surface area (Å²) < 4.78 is 4.85. The predicted octanol–water partition coefficient (Wildman–Crippen LogP) is 11.4. The summed E-state index contributed by atoms with van der Waals surface area (Å²) in [5.74, 6) is 1.87. The van der Waals surface area contributed by atoms with Gasteiger partial charge in [0.25, 0.3) is 0 Å². The van der Waals surface area contributed by atoms with Gasteiger partial charge >= 0.3 is 0 Å². The number of rotatable bonds is 5. The minimum absolute atomic E-state index is 0.608. The van der Waals surface area contributed by atoms with Gasteiger partial charge in [-0.05, 0) is 66.2 Å². The van der Waals surface area contributed by atoms with Gasteiger partial charge in [0.2, 0.25) is 0 Å². The van der Waals surface area contributed by atoms with Crippen LogP contribution in [0.2, 0.25) is 0 Å². The maximum atomic E-state index is 5.21. The molecule has 0 fully saturated rings. The normalized spacial score (nSPS) is 11.6. The molecular formula is C44H27N5S. The van der Waals surface area contributed by atoms with E-state index in [-0.39, 0.29) is 0 Å². The van der Waals surface area contributed by atoms with E-state index in [2.05, 4.69) is 125 Å². The highest BCUT2D eigenvalue weighted by molar-refractivity contribution is 7.25. The molecule has 6 heteroatoms. The predicted molar refractivity (Wildman–Crippen MR) is 207 cm³/mol. The Bertz CT molecular complexity index is 2820. The lowest BCUT2D eigenvalue weighted by Gasteiger charge is -2.14. The van der Waals surface area contributed by atoms with E-state index in [1.807, 2.05) is 42.6 Å². The second-order valence-electron chi connectivity index (χ2n) is 12.4. The van der Waals surface area contributed by atoms with Gasteiger partial charge in [0.05, 0.1) is 11.0 Å². The molecule has 5 nitrogen and oxygen atoms in total. The summed E-state index contributed by atoms with van der Waals surface area (Å²) in [6, 6.07) is 53.1. The van der Waals surface area contributed by atoms with Gasteiger partial charge in [-0.15, -0.1) is 11.3 Å². The standard InChI is InChI=1S/C44H27N5S/c1-2-11-28(12-3-1)42-46-43(29-20-21-41-37(26-29)36-16-6-9-19-40(36)50-41)48-44(47-42)32-23-31(30-13-10-22-45-27-30)24-33(25-32)49-38-17-7-4-14-34(38)35-15-5-8-18-39(35)49/h1-27H. The summed E-state index contributed by atoms with van der Waals surface area (Å²) in [5.41, 5.74) is 8.13. The maximum Gasteiger partial charge on any atom is 0.164 e. The van der Waals surface area contributed by atoms with Gasteiger partial charge in [-0.25, -0.2) is 15.0 Å². The van der Waals surface area contributed by atoms with Gasteiger partial charge in [0, 0.05) is 71.3 Å². The molecule has 4 heterocycles. The molecule has 0 saturated carbocycles. The molecule has 234 valence electrons. The van der Waals surface area contributed by atoms with Crippen LogP contribution in [0, 0.1) is 0 Å². The zero-order chi connectivity index (χ0) is 33.0. The highest BCUT2D eigenvalue weighted by Gasteiger charge is 2.18. The number of hydrogen-bond donors (Lipinski definition) is 0. The van der Waals surface area contributed by atoms with E-state index < -0.39 is 0 Å². The number of pyridine rings is 1. The van der Waals surface area contributed by atoms with Crippen molar-refractivity contribution >= 4 is 53.3 Å². The van der Waals surface area contributed by atoms with E-state index in [0.717, 1.165) is 44.5 Å². The van der Waals surface area contributed by atoms with Crippen molar-refractivity contribution in [1.29, 1.82) is 0 Å². The molecule has 0 spiro atoms. The molecule has 0 bridgehead atoms. The molecule has 0 N–H and O–H groups in total. The molecule has 0 unspecified atom stereocenters. The largest absolute Gasteiger partial charge is 0.309 e. The molecule has 10 aromatic rings. The third kappa shape index (κ3) is 4.77. The van der Waals surface area contributed by atoms with Crippen LogP contribution in [0.5, 0.6) is 0 Å². The van der Waals surface area contributed by atoms with E-state index in [0.29, 0.717) is 17.5 Å². The first kappa shape index (κ1) is 28.5. The highest BCUT2D eigenvalue weighted by atomic mass is 32.1. The number of thiophene rings is 1. The third-order valence-electron chi connectivity index (χ3n) is 9.31. The van der Waals surface area contributed by atoms with Crippen molar-refractivity contribution in [2.24, 2.45) is 0 Å². The van der Waals surface area contributed by atoms with Crippen LogP contribution in [0.25, 0.3) is 93.0 Å². The van der Waals surface area contributed by atoms with E-state index >= 15 is 0 Å². The van der Waals surface area contributed by atoms with Gasteiger partial charge < -0.3 is 4.57 Å². The zero-order valence-corrected chi connectivity index (χ0v) is 27.5. The maximum absolute atomic E-state index is 5.21. The lowest BCUT2D eigenvalue weighted by molar-refractivity contribution is 1.07. The Morgan fingerprint density at radius 1 is 0.400 bits per heavy atom. The van der Waals surface area contributed by atoms with Crippen LogP contribution in [0.1, 0.15) is 0 Å². The van der Waals surface area contributed by atoms with Gasteiger partial charge in [-0.1, -0.05) is 91.0 Å². The number of nitrogens with zero attached hydrogens (tertiary/aromatic N) is 5. The van der Waals surface area contributed by atoms with Crippen molar-refractivity contribution in [3.8, 4) is 51.0 Å². The van der Waals surface area contributed by atoms with Crippen LogP contribution in [0.4, 0.5) is 0 Å². The van der Waals surface area contributed by atoms with Crippen molar-refractivity contribution in [3.05, 3.63) is 164 Å². The summed E-state index contributed by atoms with van der Waals surface area (Å²) in [6.07, 6.45) is 3.71. The SMILES string of the molecule is c1ccc(-c2nc(-c3cc(-c4cccnc4)cc(-n4c5ccccc5c5ccccc54)c3)nc(-c3ccc4sc5ccccc5c4c3)n2)cc1. The molecule has 10 rings (SSSR count). The van der Waals surface area contributed by atoms with E-state index in [4.69, 9.17) is 15.0 Å². The molecule has 6 aromatic carbocycles. The molecule has 4 aromatic heterocycles. The van der Waals surface area contributed by atoms with Gasteiger partial charge in [0.15, 0.2) is 17.5 Å². The molecule has 0 aliphatic carbocycles. The Morgan fingerprint density at radius 2 is 1.00 bits per heavy atom. The highest BCUT2D eigenvalue weighted by Crippen LogP contribution is 2.38. The van der Waals surface area contributed by atoms with Gasteiger partial charge in [-0.3, -0.25) is 4.98 Å². The first-order chi connectivity index (χ1) is 24.8. The van der Waals surface area contributed by atoms with Crippen molar-refractivity contribution < 1.29 is 0 Å². The summed E-state index contributed by atoms with van der Waals surface area (Å²) >= 11 is 1.81. The molecule has 50 heavy (non-hydrogen) atoms. The van der Waals surface area contributed by atoms with E-state index in [9.17, 15) is 0 Å². The molecule has 0 radical (unpaired) electrons. The lowest BCUT2D eigenvalue weighted by Crippen LogP contribution is -2.02. The number of fused-ring (bicyclic) bond motifs is 6. The molecule has 0 atom stereocenters. The van der Waals surface area contributed by atoms with Gasteiger partial charge in [0.1, 0.15) is 0 Å². The fourth-order valence-corrected chi connectivity index (χ4v) is 8.07. The van der Waals surface area contributed by atoms with Gasteiger partial charge in [-0.2, -0.15) is 0 Å². The van der Waals surface area contributed by atoms with Crippen LogP contribution < -0.4 is 0 Å². The summed E-state index contributed by atoms with van der Waals surface area (Å²) in [4.78, 5) is 19.9. The number of aromatic nitrogens is 5. The van der Waals surface area contributed by atoms with Crippen LogP contribution in [-0.4, -0.2) is 24.5 Å². The fraction of sp³-hybridized carbons (Fsp3) is 0. The number of hydrogen-bond acceptors (Lipinski definition) is 5. The quantitative estimate of drug-likeness (QED) is 0.185. The van der Waals surface area contributed by atoms with Crippen molar-refractivity contribution in [2.45, 2.75) is 0 Å². The van der Waals surface area contributed by atoms with E-state index in [1.54, 1.807) is 17.5 Å². The van der Waals surface area contributed by atoms with Crippen LogP contribution in [0.3, 0.4) is 0 Å². The topological polar surface area (TPSA) is 56.5 Å². The van der Waals surface area contributed by atoms with Crippen LogP contribution in [0.15, 0.2) is 164 Å². The van der Waals surface area contributed by atoms with Crippen molar-refractivity contribution in [2.75, 3.05) is 0 Å². The number of para-hydroxylation sites is 2. The second-order valence-corrected chi connectivity index (χ2v) is 13.4. The minimum atomic E-state index is 0.608. The van der Waals surface area contributed by atoms with Crippen LogP contribution in [-0.2, 0) is 0 Å². The summed E-state index contributed by atoms with van der Waals surface area (Å²) in [5, 5.41) is 4.87. The Balaban J connectivity index is 1.23. The summed E-state index contributed by atoms with van der Waals surface area (Å²) in [7, 11) is 0. The Kier molecular flexibility index (Phi) is 6.60. The Morgan fingerprint density at radius 3 is 1.74 bits per heavy atom. The van der Waals surface area contributed by atoms with Crippen LogP contribution >= 0.6 is 11.3 Å². The first-order valence-corrected chi connectivity index (χ1v) is 17.4. The summed E-state index contributed by atoms with van der Waals surface area (Å²) in [6.45, 7) is 0. The Labute approximate surface area is 291 Å². The fourth-order valence-electron chi connectivity index (χ4n) is 6.99. The smallest absolute Gasteiger partial charge is 0.164 e. The Hall–Kier alpha value is -6.50. The first-order valence-electron chi connectivity index (χ1n) is 16.5. The van der Waals surface area contributed by atoms with Crippen molar-refractivity contribution in [1.82, 2.24) is 24.5 Å². The molecule has 0 aliphatic rings. The molecule has 0 aliphatic heterocycles. The average Bonchev–Trinajstić information content (AvgIpc) is 3.74. The average molecular weight is 658 g/mol. The molecular weight excluding hydrogens is 631 g/mol.